The van der Waals surface area contributed by atoms with Gasteiger partial charge in [-0.25, -0.2) is 23.4 Å². The molecule has 1 saturated carbocycles. The number of hydrogen-bond donors (Lipinski definition) is 1. The number of benzene rings is 1. The van der Waals surface area contributed by atoms with Crippen molar-refractivity contribution in [2.24, 2.45) is 5.92 Å². The van der Waals surface area contributed by atoms with Crippen molar-refractivity contribution in [3.8, 4) is 0 Å². The molecular weight excluding hydrogens is 482 g/mol. The van der Waals surface area contributed by atoms with E-state index in [0.29, 0.717) is 23.5 Å². The molecule has 10 heteroatoms. The molecule has 8 nitrogen and oxygen atoms in total. The first-order valence-corrected chi connectivity index (χ1v) is 14.4. The molecule has 1 fully saturated rings. The van der Waals surface area contributed by atoms with E-state index in [4.69, 9.17) is 9.97 Å². The number of nitrogens with one attached hydrogen (secondary N) is 1. The number of amides is 1. The standard InChI is InChI=1S/C25H29N5O3S2/c1-4-35(32,33)18-9-5-16(6-10-18)13-21(31)28-25-29-22-20(34-25)14-30(23(22)15(2)3)24-26-12-11-19(27-24)17-7-8-17/h5-6,9-12,15,17,23H,4,7-8,13-14H2,1-3H3,(H,28,29,31). The SMILES string of the molecule is CCS(=O)(=O)c1ccc(CC(=O)Nc2nc3c(s2)CN(c2nccc(C4CC4)n2)C3C(C)C)cc1. The number of anilines is 2. The van der Waals surface area contributed by atoms with Crippen molar-refractivity contribution in [2.45, 2.75) is 63.4 Å². The van der Waals surface area contributed by atoms with Gasteiger partial charge >= 0.3 is 0 Å². The Morgan fingerprint density at radius 3 is 2.57 bits per heavy atom. The van der Waals surface area contributed by atoms with Gasteiger partial charge in [0.2, 0.25) is 11.9 Å². The summed E-state index contributed by atoms with van der Waals surface area (Å²) in [5, 5.41) is 3.51. The normalized spacial score (nSPS) is 17.6. The number of carbonyl (C=O) groups is 1. The van der Waals surface area contributed by atoms with Crippen molar-refractivity contribution in [1.29, 1.82) is 0 Å². The molecule has 35 heavy (non-hydrogen) atoms. The number of sulfone groups is 1. The lowest BCUT2D eigenvalue weighted by Crippen LogP contribution is -2.28. The van der Waals surface area contributed by atoms with Gasteiger partial charge in [-0.3, -0.25) is 4.79 Å². The Morgan fingerprint density at radius 1 is 1.17 bits per heavy atom. The third-order valence-electron chi connectivity index (χ3n) is 6.48. The van der Waals surface area contributed by atoms with E-state index in [-0.39, 0.29) is 29.0 Å². The van der Waals surface area contributed by atoms with Gasteiger partial charge in [0, 0.05) is 17.8 Å². The minimum atomic E-state index is -3.25. The zero-order valence-corrected chi connectivity index (χ0v) is 21.7. The van der Waals surface area contributed by atoms with Crippen molar-refractivity contribution in [3.63, 3.8) is 0 Å². The average molecular weight is 512 g/mol. The lowest BCUT2D eigenvalue weighted by atomic mass is 10.0. The van der Waals surface area contributed by atoms with Crippen LogP contribution in [-0.4, -0.2) is 35.0 Å². The van der Waals surface area contributed by atoms with Crippen LogP contribution in [-0.2, 0) is 27.6 Å². The summed E-state index contributed by atoms with van der Waals surface area (Å²) in [6, 6.07) is 8.55. The van der Waals surface area contributed by atoms with E-state index in [1.807, 2.05) is 12.3 Å². The summed E-state index contributed by atoms with van der Waals surface area (Å²) in [6.07, 6.45) is 4.40. The molecule has 1 atom stereocenters. The molecule has 1 aromatic carbocycles. The summed E-state index contributed by atoms with van der Waals surface area (Å²) >= 11 is 1.49. The Morgan fingerprint density at radius 2 is 1.91 bits per heavy atom. The summed E-state index contributed by atoms with van der Waals surface area (Å²) in [4.78, 5) is 30.5. The number of rotatable bonds is 8. The van der Waals surface area contributed by atoms with Gasteiger partial charge in [0.15, 0.2) is 15.0 Å². The Bertz CT molecular complexity index is 1350. The summed E-state index contributed by atoms with van der Waals surface area (Å²) in [5.41, 5.74) is 2.85. The zero-order valence-electron chi connectivity index (χ0n) is 20.1. The number of hydrogen-bond acceptors (Lipinski definition) is 8. The second kappa shape index (κ2) is 9.31. The van der Waals surface area contributed by atoms with Crippen LogP contribution < -0.4 is 10.2 Å². The first kappa shape index (κ1) is 23.9. The number of nitrogens with zero attached hydrogens (tertiary/aromatic N) is 4. The van der Waals surface area contributed by atoms with Crippen molar-refractivity contribution in [3.05, 3.63) is 58.4 Å². The van der Waals surface area contributed by atoms with Crippen molar-refractivity contribution < 1.29 is 13.2 Å². The Balaban J connectivity index is 1.28. The highest BCUT2D eigenvalue weighted by molar-refractivity contribution is 7.91. The molecule has 0 bridgehead atoms. The Labute approximate surface area is 209 Å². The van der Waals surface area contributed by atoms with E-state index in [0.717, 1.165) is 27.8 Å². The predicted octanol–water partition coefficient (Wildman–Crippen LogP) is 4.50. The molecule has 2 aliphatic rings. The van der Waals surface area contributed by atoms with E-state index >= 15 is 0 Å². The lowest BCUT2D eigenvalue weighted by Gasteiger charge is -2.27. The number of aromatic nitrogens is 3. The molecule has 184 valence electrons. The molecular formula is C25H29N5O3S2. The van der Waals surface area contributed by atoms with Crippen LogP contribution in [0.1, 0.15) is 67.4 Å². The summed E-state index contributed by atoms with van der Waals surface area (Å²) < 4.78 is 24.0. The first-order chi connectivity index (χ1) is 16.7. The predicted molar refractivity (Wildman–Crippen MR) is 136 cm³/mol. The van der Waals surface area contributed by atoms with Crippen LogP contribution in [0.15, 0.2) is 41.4 Å². The molecule has 1 N–H and O–H groups in total. The van der Waals surface area contributed by atoms with E-state index in [1.54, 1.807) is 31.2 Å². The Kier molecular flexibility index (Phi) is 6.35. The molecule has 3 heterocycles. The van der Waals surface area contributed by atoms with Gasteiger partial charge in [-0.2, -0.15) is 0 Å². The molecule has 3 aromatic rings. The van der Waals surface area contributed by atoms with Gasteiger partial charge in [0.05, 0.1) is 40.2 Å². The quantitative estimate of drug-likeness (QED) is 0.475. The molecule has 2 aromatic heterocycles. The van der Waals surface area contributed by atoms with Crippen LogP contribution in [0.25, 0.3) is 0 Å². The van der Waals surface area contributed by atoms with Crippen LogP contribution in [0.2, 0.25) is 0 Å². The second-order valence-corrected chi connectivity index (χ2v) is 12.8. The third kappa shape index (κ3) is 4.95. The number of thiazole rings is 1. The molecule has 0 saturated heterocycles. The molecule has 1 unspecified atom stereocenters. The van der Waals surface area contributed by atoms with Crippen LogP contribution in [0.4, 0.5) is 11.1 Å². The first-order valence-electron chi connectivity index (χ1n) is 12.0. The van der Waals surface area contributed by atoms with Crippen LogP contribution in [0.3, 0.4) is 0 Å². The summed E-state index contributed by atoms with van der Waals surface area (Å²) in [6.45, 7) is 6.62. The van der Waals surface area contributed by atoms with Gasteiger partial charge in [-0.1, -0.05) is 44.2 Å². The second-order valence-electron chi connectivity index (χ2n) is 9.47. The minimum Gasteiger partial charge on any atom is -0.327 e. The smallest absolute Gasteiger partial charge is 0.230 e. The number of carbonyl (C=O) groups excluding carboxylic acids is 1. The fraction of sp³-hybridized carbons (Fsp3) is 0.440. The molecule has 5 rings (SSSR count). The van der Waals surface area contributed by atoms with Gasteiger partial charge in [0.25, 0.3) is 0 Å². The van der Waals surface area contributed by atoms with Crippen LogP contribution in [0.5, 0.6) is 0 Å². The fourth-order valence-electron chi connectivity index (χ4n) is 4.47. The minimum absolute atomic E-state index is 0.0500. The van der Waals surface area contributed by atoms with Gasteiger partial charge in [-0.15, -0.1) is 0 Å². The molecule has 1 aliphatic heterocycles. The summed E-state index contributed by atoms with van der Waals surface area (Å²) in [7, 11) is -3.25. The zero-order chi connectivity index (χ0) is 24.7. The maximum absolute atomic E-state index is 12.7. The molecule has 0 spiro atoms. The largest absolute Gasteiger partial charge is 0.327 e. The van der Waals surface area contributed by atoms with E-state index in [2.05, 4.69) is 29.0 Å². The van der Waals surface area contributed by atoms with Crippen molar-refractivity contribution in [1.82, 2.24) is 15.0 Å². The van der Waals surface area contributed by atoms with Crippen molar-refractivity contribution in [2.75, 3.05) is 16.0 Å². The molecule has 1 aliphatic carbocycles. The highest BCUT2D eigenvalue weighted by Gasteiger charge is 2.38. The number of fused-ring (bicyclic) bond motifs is 1. The Hall–Kier alpha value is -2.85. The third-order valence-corrected chi connectivity index (χ3v) is 9.20. The maximum atomic E-state index is 12.7. The summed E-state index contributed by atoms with van der Waals surface area (Å²) in [5.74, 6) is 1.49. The highest BCUT2D eigenvalue weighted by atomic mass is 32.2. The topological polar surface area (TPSA) is 105 Å². The fourth-order valence-corrected chi connectivity index (χ4v) is 6.37. The average Bonchev–Trinajstić information content (AvgIpc) is 3.52. The van der Waals surface area contributed by atoms with E-state index in [1.165, 1.54) is 24.2 Å². The van der Waals surface area contributed by atoms with Gasteiger partial charge in [0.1, 0.15) is 0 Å². The van der Waals surface area contributed by atoms with E-state index in [9.17, 15) is 13.2 Å². The van der Waals surface area contributed by atoms with Gasteiger partial charge in [-0.05, 0) is 42.5 Å². The lowest BCUT2D eigenvalue weighted by molar-refractivity contribution is -0.115. The maximum Gasteiger partial charge on any atom is 0.230 e. The monoisotopic (exact) mass is 511 g/mol. The van der Waals surface area contributed by atoms with E-state index < -0.39 is 9.84 Å². The van der Waals surface area contributed by atoms with Gasteiger partial charge < -0.3 is 10.2 Å². The van der Waals surface area contributed by atoms with Crippen molar-refractivity contribution >= 4 is 38.2 Å². The van der Waals surface area contributed by atoms with Crippen LogP contribution in [0, 0.1) is 5.92 Å². The molecule has 0 radical (unpaired) electrons. The van der Waals surface area contributed by atoms with Crippen LogP contribution >= 0.6 is 11.3 Å². The highest BCUT2D eigenvalue weighted by Crippen LogP contribution is 2.45. The molecule has 1 amide bonds.